The van der Waals surface area contributed by atoms with Gasteiger partial charge in [0.05, 0.1) is 17.9 Å². The van der Waals surface area contributed by atoms with Gasteiger partial charge in [0.1, 0.15) is 18.3 Å². The SMILES string of the molecule is CC(C)[Si]1(C(C)C)OC[C@H]2O[C@@H](n3cnc4c(Oc5ccccc5[N+](=O)[O-])nc(N)nc43)[C@H](O[Si](C)(C)C)[C@@H]2O[Si](C(C)C)(C(C)C)O1. The van der Waals surface area contributed by atoms with Crippen LogP contribution in [0.2, 0.25) is 41.8 Å². The molecule has 4 atom stereocenters. The first-order chi connectivity index (χ1) is 22.4. The molecule has 2 saturated heterocycles. The van der Waals surface area contributed by atoms with E-state index < -0.39 is 54.9 Å². The Morgan fingerprint density at radius 3 is 2.21 bits per heavy atom. The molecule has 0 unspecified atom stereocenters. The topological polar surface area (TPSA) is 168 Å². The van der Waals surface area contributed by atoms with Crippen LogP contribution in [0.4, 0.5) is 11.6 Å². The predicted octanol–water partition coefficient (Wildman–Crippen LogP) is 7.18. The summed E-state index contributed by atoms with van der Waals surface area (Å²) in [6.07, 6.45) is -0.647. The Morgan fingerprint density at radius 1 is 1.00 bits per heavy atom. The number of hydrogen-bond donors (Lipinski definition) is 1. The number of aromatic nitrogens is 4. The Bertz CT molecular complexity index is 1620. The Labute approximate surface area is 285 Å². The Balaban J connectivity index is 1.63. The van der Waals surface area contributed by atoms with E-state index in [0.717, 1.165) is 0 Å². The number of fused-ring (bicyclic) bond motifs is 2. The lowest BCUT2D eigenvalue weighted by Gasteiger charge is -2.51. The molecule has 2 aromatic heterocycles. The molecule has 2 aliphatic heterocycles. The van der Waals surface area contributed by atoms with E-state index in [1.807, 2.05) is 0 Å². The number of hydrogen-bond acceptors (Lipinski definition) is 12. The van der Waals surface area contributed by atoms with Crippen LogP contribution in [-0.2, 0) is 22.1 Å². The Hall–Kier alpha value is -2.78. The van der Waals surface area contributed by atoms with E-state index in [2.05, 4.69) is 90.0 Å². The van der Waals surface area contributed by atoms with Crippen molar-refractivity contribution in [3.8, 4) is 11.6 Å². The van der Waals surface area contributed by atoms with Gasteiger partial charge in [-0.25, -0.2) is 4.98 Å². The molecule has 0 amide bonds. The largest absolute Gasteiger partial charge is 0.429 e. The van der Waals surface area contributed by atoms with Gasteiger partial charge >= 0.3 is 22.8 Å². The highest BCUT2D eigenvalue weighted by molar-refractivity contribution is 6.84. The number of nitrogens with zero attached hydrogens (tertiary/aromatic N) is 5. The van der Waals surface area contributed by atoms with Gasteiger partial charge in [0.2, 0.25) is 11.7 Å². The van der Waals surface area contributed by atoms with Crippen LogP contribution in [0.3, 0.4) is 0 Å². The van der Waals surface area contributed by atoms with Gasteiger partial charge in [-0.15, -0.1) is 0 Å². The highest BCUT2D eigenvalue weighted by Crippen LogP contribution is 2.49. The number of para-hydroxylation sites is 2. The molecule has 2 fully saturated rings. The number of nitro groups is 1. The van der Waals surface area contributed by atoms with Gasteiger partial charge in [-0.2, -0.15) is 9.97 Å². The molecule has 0 radical (unpaired) electrons. The van der Waals surface area contributed by atoms with Gasteiger partial charge in [0.15, 0.2) is 25.7 Å². The van der Waals surface area contributed by atoms with Crippen molar-refractivity contribution in [2.75, 3.05) is 12.3 Å². The standard InChI is InChI=1S/C31H50N6O8Si3/c1-18(2)47(19(3)4)40-16-24-26(44-48(45-47,20(5)6)21(7)8)27(43-46(9,10)11)30(42-24)36-17-33-25-28(36)34-31(32)35-29(25)41-23-15-13-12-14-22(23)37(38)39/h12-15,17-21,24,26-27,30H,16H2,1-11H3,(H2,32,34,35)/t24-,26-,27-,30-/m1/s1. The van der Waals surface area contributed by atoms with Crippen molar-refractivity contribution in [2.45, 2.75) is 122 Å². The maximum Gasteiger partial charge on any atom is 0.335 e. The molecule has 3 aromatic rings. The number of anilines is 1. The van der Waals surface area contributed by atoms with Gasteiger partial charge in [-0.1, -0.05) is 67.5 Å². The maximum atomic E-state index is 11.7. The summed E-state index contributed by atoms with van der Waals surface area (Å²) in [4.78, 5) is 24.5. The first-order valence-electron chi connectivity index (χ1n) is 16.7. The smallest absolute Gasteiger partial charge is 0.335 e. The van der Waals surface area contributed by atoms with Gasteiger partial charge in [0.25, 0.3) is 5.88 Å². The van der Waals surface area contributed by atoms with Crippen molar-refractivity contribution < 1.29 is 31.8 Å². The summed E-state index contributed by atoms with van der Waals surface area (Å²) in [5.74, 6) is -0.0988. The minimum Gasteiger partial charge on any atom is -0.429 e. The summed E-state index contributed by atoms with van der Waals surface area (Å²) in [5, 5.41) is 11.7. The maximum absolute atomic E-state index is 11.7. The van der Waals surface area contributed by atoms with E-state index >= 15 is 0 Å². The van der Waals surface area contributed by atoms with Crippen LogP contribution in [0, 0.1) is 10.1 Å². The molecular weight excluding hydrogens is 669 g/mol. The van der Waals surface area contributed by atoms with Gasteiger partial charge in [0, 0.05) is 6.07 Å². The Kier molecular flexibility index (Phi) is 10.3. The van der Waals surface area contributed by atoms with Crippen LogP contribution in [0.25, 0.3) is 11.2 Å². The molecule has 48 heavy (non-hydrogen) atoms. The van der Waals surface area contributed by atoms with Crippen LogP contribution in [0.1, 0.15) is 61.6 Å². The Morgan fingerprint density at radius 2 is 1.62 bits per heavy atom. The van der Waals surface area contributed by atoms with E-state index in [0.29, 0.717) is 5.65 Å². The van der Waals surface area contributed by atoms with Crippen LogP contribution in [-0.4, -0.2) is 74.8 Å². The third-order valence-corrected chi connectivity index (χ3v) is 20.3. The quantitative estimate of drug-likeness (QED) is 0.128. The fraction of sp³-hybridized carbons (Fsp3) is 0.645. The number of rotatable bonds is 10. The number of ether oxygens (including phenoxy) is 2. The van der Waals surface area contributed by atoms with E-state index in [1.165, 1.54) is 12.1 Å². The molecule has 0 bridgehead atoms. The summed E-state index contributed by atoms with van der Waals surface area (Å²) in [5.41, 5.74) is 7.19. The lowest BCUT2D eigenvalue weighted by Crippen LogP contribution is -2.66. The first kappa shape index (κ1) is 36.5. The fourth-order valence-electron chi connectivity index (χ4n) is 6.84. The van der Waals surface area contributed by atoms with Crippen LogP contribution in [0.5, 0.6) is 11.6 Å². The van der Waals surface area contributed by atoms with E-state index in [9.17, 15) is 10.1 Å². The molecule has 0 spiro atoms. The zero-order chi connectivity index (χ0) is 35.3. The third-order valence-electron chi connectivity index (χ3n) is 9.06. The monoisotopic (exact) mass is 718 g/mol. The number of imidazole rings is 1. The zero-order valence-electron chi connectivity index (χ0n) is 29.8. The van der Waals surface area contributed by atoms with Crippen molar-refractivity contribution >= 4 is 48.2 Å². The van der Waals surface area contributed by atoms with Crippen molar-refractivity contribution in [3.63, 3.8) is 0 Å². The normalized spacial score (nSPS) is 24.3. The number of nitrogens with two attached hydrogens (primary N) is 1. The highest BCUT2D eigenvalue weighted by Gasteiger charge is 2.62. The summed E-state index contributed by atoms with van der Waals surface area (Å²) in [7, 11) is -7.99. The first-order valence-corrected chi connectivity index (χ1v) is 24.0. The molecule has 2 N–H and O–H groups in total. The minimum atomic E-state index is -2.98. The third kappa shape index (κ3) is 6.70. The number of benzene rings is 1. The summed E-state index contributed by atoms with van der Waals surface area (Å²) in [6.45, 7) is 24.2. The van der Waals surface area contributed by atoms with Crippen molar-refractivity contribution in [2.24, 2.45) is 0 Å². The average Bonchev–Trinajstić information content (AvgIpc) is 3.52. The molecule has 4 heterocycles. The van der Waals surface area contributed by atoms with Gasteiger partial charge in [-0.3, -0.25) is 14.7 Å². The zero-order valence-corrected chi connectivity index (χ0v) is 32.8. The molecular formula is C31H50N6O8Si3. The highest BCUT2D eigenvalue weighted by atomic mass is 28.5. The molecule has 5 rings (SSSR count). The van der Waals surface area contributed by atoms with E-state index in [-0.39, 0.29) is 57.6 Å². The second kappa shape index (κ2) is 13.5. The molecule has 0 saturated carbocycles. The van der Waals surface area contributed by atoms with Crippen molar-refractivity contribution in [1.82, 2.24) is 19.5 Å². The van der Waals surface area contributed by atoms with E-state index in [1.54, 1.807) is 23.0 Å². The summed E-state index contributed by atoms with van der Waals surface area (Å²) < 4.78 is 43.4. The van der Waals surface area contributed by atoms with Gasteiger partial charge in [-0.05, 0) is 47.9 Å². The van der Waals surface area contributed by atoms with Crippen LogP contribution in [0.15, 0.2) is 30.6 Å². The van der Waals surface area contributed by atoms with Crippen LogP contribution >= 0.6 is 0 Å². The second-order valence-corrected chi connectivity index (χ2v) is 28.2. The predicted molar refractivity (Wildman–Crippen MR) is 189 cm³/mol. The summed E-state index contributed by atoms with van der Waals surface area (Å²) in [6, 6.07) is 6.04. The van der Waals surface area contributed by atoms with Crippen molar-refractivity contribution in [3.05, 3.63) is 40.7 Å². The van der Waals surface area contributed by atoms with Crippen LogP contribution < -0.4 is 10.5 Å². The number of nitrogen functional groups attached to an aromatic ring is 1. The molecule has 2 aliphatic rings. The fourth-order valence-corrected chi connectivity index (χ4v) is 19.1. The molecule has 1 aromatic carbocycles. The van der Waals surface area contributed by atoms with E-state index in [4.69, 9.17) is 32.6 Å². The molecule has 264 valence electrons. The second-order valence-electron chi connectivity index (χ2n) is 14.9. The lowest BCUT2D eigenvalue weighted by molar-refractivity contribution is -0.385. The molecule has 0 aliphatic carbocycles. The molecule has 17 heteroatoms. The summed E-state index contributed by atoms with van der Waals surface area (Å²) >= 11 is 0. The minimum absolute atomic E-state index is 0.00389. The number of nitro benzene ring substituents is 1. The lowest BCUT2D eigenvalue weighted by atomic mass is 10.1. The average molecular weight is 719 g/mol. The van der Waals surface area contributed by atoms with Gasteiger partial charge < -0.3 is 32.6 Å². The van der Waals surface area contributed by atoms with Crippen molar-refractivity contribution in [1.29, 1.82) is 0 Å². The molecule has 14 nitrogen and oxygen atoms in total.